The molecule has 94 valence electrons. The van der Waals surface area contributed by atoms with Gasteiger partial charge in [0.25, 0.3) is 0 Å². The second kappa shape index (κ2) is 4.33. The molecule has 17 heavy (non-hydrogen) atoms. The molecule has 1 fully saturated rings. The summed E-state index contributed by atoms with van der Waals surface area (Å²) >= 11 is 0. The van der Waals surface area contributed by atoms with Crippen LogP contribution in [0.25, 0.3) is 0 Å². The summed E-state index contributed by atoms with van der Waals surface area (Å²) in [5, 5.41) is 9.46. The van der Waals surface area contributed by atoms with Gasteiger partial charge in [-0.15, -0.1) is 0 Å². The Kier molecular flexibility index (Phi) is 3.17. The lowest BCUT2D eigenvalue weighted by Crippen LogP contribution is -2.07. The predicted molar refractivity (Wildman–Crippen MR) is 58.8 cm³/mol. The molecule has 0 bridgehead atoms. The Morgan fingerprint density at radius 2 is 1.94 bits per heavy atom. The lowest BCUT2D eigenvalue weighted by Gasteiger charge is -2.15. The highest BCUT2D eigenvalue weighted by Crippen LogP contribution is 2.38. The van der Waals surface area contributed by atoms with Crippen molar-refractivity contribution < 1.29 is 18.3 Å². The van der Waals surface area contributed by atoms with Crippen LogP contribution in [0.5, 0.6) is 0 Å². The zero-order valence-corrected chi connectivity index (χ0v) is 9.59. The first kappa shape index (κ1) is 12.4. The number of hydrogen-bond acceptors (Lipinski definition) is 1. The van der Waals surface area contributed by atoms with Crippen LogP contribution in [0, 0.1) is 6.92 Å². The summed E-state index contributed by atoms with van der Waals surface area (Å²) in [4.78, 5) is 0. The van der Waals surface area contributed by atoms with Gasteiger partial charge in [-0.1, -0.05) is 6.07 Å². The van der Waals surface area contributed by atoms with E-state index in [9.17, 15) is 18.3 Å². The molecule has 1 aliphatic rings. The molecule has 0 radical (unpaired) electrons. The van der Waals surface area contributed by atoms with Gasteiger partial charge in [-0.2, -0.15) is 13.2 Å². The zero-order valence-electron chi connectivity index (χ0n) is 9.59. The maximum atomic E-state index is 12.5. The molecule has 1 saturated carbocycles. The normalized spacial score (nSPS) is 25.2. The molecule has 2 unspecified atom stereocenters. The largest absolute Gasteiger partial charge is 0.416 e. The molecule has 1 aromatic rings. The van der Waals surface area contributed by atoms with Gasteiger partial charge in [0.05, 0.1) is 11.7 Å². The topological polar surface area (TPSA) is 20.2 Å². The van der Waals surface area contributed by atoms with E-state index in [0.29, 0.717) is 12.0 Å². The molecule has 0 aromatic heterocycles. The molecule has 0 saturated heterocycles. The average Bonchev–Trinajstić information content (AvgIpc) is 2.63. The second-order valence-electron chi connectivity index (χ2n) is 4.73. The molecule has 0 amide bonds. The van der Waals surface area contributed by atoms with Crippen molar-refractivity contribution in [3.05, 3.63) is 34.9 Å². The fourth-order valence-electron chi connectivity index (χ4n) is 2.55. The molecule has 1 aromatic carbocycles. The van der Waals surface area contributed by atoms with Crippen molar-refractivity contribution in [3.63, 3.8) is 0 Å². The summed E-state index contributed by atoms with van der Waals surface area (Å²) in [5.41, 5.74) is 1.01. The maximum absolute atomic E-state index is 12.5. The molecule has 1 N–H and O–H groups in total. The Labute approximate surface area is 98.3 Å². The van der Waals surface area contributed by atoms with Crippen molar-refractivity contribution in [2.24, 2.45) is 0 Å². The third-order valence-electron chi connectivity index (χ3n) is 3.44. The highest BCUT2D eigenvalue weighted by Gasteiger charge is 2.32. The van der Waals surface area contributed by atoms with E-state index in [0.717, 1.165) is 24.5 Å². The number of aliphatic hydroxyl groups is 1. The minimum absolute atomic E-state index is 0.201. The van der Waals surface area contributed by atoms with Gasteiger partial charge in [0.2, 0.25) is 0 Å². The van der Waals surface area contributed by atoms with Gasteiger partial charge in [-0.05, 0) is 55.4 Å². The van der Waals surface area contributed by atoms with Crippen LogP contribution in [-0.4, -0.2) is 11.2 Å². The van der Waals surface area contributed by atoms with Crippen LogP contribution in [0.3, 0.4) is 0 Å². The van der Waals surface area contributed by atoms with Gasteiger partial charge in [-0.3, -0.25) is 0 Å². The molecule has 0 heterocycles. The van der Waals surface area contributed by atoms with E-state index in [1.165, 1.54) is 6.07 Å². The van der Waals surface area contributed by atoms with Gasteiger partial charge in [-0.25, -0.2) is 0 Å². The van der Waals surface area contributed by atoms with Gasteiger partial charge >= 0.3 is 6.18 Å². The number of aliphatic hydroxyl groups excluding tert-OH is 1. The van der Waals surface area contributed by atoms with E-state index in [2.05, 4.69) is 0 Å². The summed E-state index contributed by atoms with van der Waals surface area (Å²) in [5.74, 6) is 0.201. The summed E-state index contributed by atoms with van der Waals surface area (Å²) in [6.07, 6.45) is -2.33. The highest BCUT2D eigenvalue weighted by atomic mass is 19.4. The molecule has 0 spiro atoms. The first-order chi connectivity index (χ1) is 7.88. The van der Waals surface area contributed by atoms with E-state index in [1.807, 2.05) is 0 Å². The molecule has 1 nitrogen and oxygen atoms in total. The Morgan fingerprint density at radius 1 is 1.24 bits per heavy atom. The number of benzene rings is 1. The van der Waals surface area contributed by atoms with Crippen LogP contribution in [0.4, 0.5) is 13.2 Å². The third-order valence-corrected chi connectivity index (χ3v) is 3.44. The number of aryl methyl sites for hydroxylation is 1. The van der Waals surface area contributed by atoms with Crippen LogP contribution >= 0.6 is 0 Å². The predicted octanol–water partition coefficient (Wildman–Crippen LogP) is 3.64. The molecule has 1 aliphatic carbocycles. The lowest BCUT2D eigenvalue weighted by atomic mass is 9.92. The first-order valence-corrected chi connectivity index (χ1v) is 5.73. The molecular weight excluding hydrogens is 229 g/mol. The fourth-order valence-corrected chi connectivity index (χ4v) is 2.55. The minimum atomic E-state index is -4.28. The Hall–Kier alpha value is -1.03. The third kappa shape index (κ3) is 2.63. The van der Waals surface area contributed by atoms with Crippen molar-refractivity contribution in [2.75, 3.05) is 0 Å². The second-order valence-corrected chi connectivity index (χ2v) is 4.73. The van der Waals surface area contributed by atoms with Crippen molar-refractivity contribution in [1.82, 2.24) is 0 Å². The molecule has 0 aliphatic heterocycles. The van der Waals surface area contributed by atoms with E-state index in [4.69, 9.17) is 0 Å². The van der Waals surface area contributed by atoms with E-state index in [1.54, 1.807) is 13.0 Å². The van der Waals surface area contributed by atoms with Gasteiger partial charge in [0, 0.05) is 0 Å². The van der Waals surface area contributed by atoms with E-state index in [-0.39, 0.29) is 12.0 Å². The number of hydrogen-bond donors (Lipinski definition) is 1. The summed E-state index contributed by atoms with van der Waals surface area (Å²) < 4.78 is 37.5. The smallest absolute Gasteiger partial charge is 0.393 e. The van der Waals surface area contributed by atoms with Gasteiger partial charge < -0.3 is 5.11 Å². The van der Waals surface area contributed by atoms with Crippen molar-refractivity contribution in [2.45, 2.75) is 44.4 Å². The molecule has 2 rings (SSSR count). The fraction of sp³-hybridized carbons (Fsp3) is 0.538. The zero-order chi connectivity index (χ0) is 12.6. The monoisotopic (exact) mass is 244 g/mol. The molecule has 2 atom stereocenters. The Morgan fingerprint density at radius 3 is 2.41 bits per heavy atom. The number of halogens is 3. The van der Waals surface area contributed by atoms with Crippen LogP contribution in [0.2, 0.25) is 0 Å². The quantitative estimate of drug-likeness (QED) is 0.799. The van der Waals surface area contributed by atoms with Crippen LogP contribution < -0.4 is 0 Å². The SMILES string of the molecule is Cc1cc(C(F)(F)F)ccc1C1CCC(O)C1. The van der Waals surface area contributed by atoms with Crippen LogP contribution in [0.15, 0.2) is 18.2 Å². The van der Waals surface area contributed by atoms with Crippen molar-refractivity contribution >= 4 is 0 Å². The van der Waals surface area contributed by atoms with E-state index < -0.39 is 11.7 Å². The van der Waals surface area contributed by atoms with E-state index >= 15 is 0 Å². The highest BCUT2D eigenvalue weighted by molar-refractivity contribution is 5.35. The average molecular weight is 244 g/mol. The maximum Gasteiger partial charge on any atom is 0.416 e. The molecular formula is C13H15F3O. The summed E-state index contributed by atoms with van der Waals surface area (Å²) in [6.45, 7) is 1.70. The van der Waals surface area contributed by atoms with Crippen LogP contribution in [0.1, 0.15) is 41.9 Å². The van der Waals surface area contributed by atoms with Crippen LogP contribution in [-0.2, 0) is 6.18 Å². The summed E-state index contributed by atoms with van der Waals surface area (Å²) in [6, 6.07) is 3.88. The van der Waals surface area contributed by atoms with Gasteiger partial charge in [0.15, 0.2) is 0 Å². The Balaban J connectivity index is 2.26. The molecule has 4 heteroatoms. The first-order valence-electron chi connectivity index (χ1n) is 5.73. The minimum Gasteiger partial charge on any atom is -0.393 e. The number of rotatable bonds is 1. The standard InChI is InChI=1S/C13H15F3O/c1-8-6-10(13(14,15)16)3-5-12(8)9-2-4-11(17)7-9/h3,5-6,9,11,17H,2,4,7H2,1H3. The lowest BCUT2D eigenvalue weighted by molar-refractivity contribution is -0.137. The summed E-state index contributed by atoms with van der Waals surface area (Å²) in [7, 11) is 0. The van der Waals surface area contributed by atoms with Crippen molar-refractivity contribution in [1.29, 1.82) is 0 Å². The van der Waals surface area contributed by atoms with Gasteiger partial charge in [0.1, 0.15) is 0 Å². The Bertz CT molecular complexity index is 412. The van der Waals surface area contributed by atoms with Crippen molar-refractivity contribution in [3.8, 4) is 0 Å². The number of alkyl halides is 3.